The Labute approximate surface area is 119 Å². The van der Waals surface area contributed by atoms with Gasteiger partial charge in [0.15, 0.2) is 0 Å². The Balaban J connectivity index is 1.63. The second-order valence-corrected chi connectivity index (χ2v) is 6.55. The summed E-state index contributed by atoms with van der Waals surface area (Å²) in [5.74, 6) is 2.42. The second-order valence-electron chi connectivity index (χ2n) is 6.11. The van der Waals surface area contributed by atoms with Crippen LogP contribution in [0.5, 0.6) is 0 Å². The van der Waals surface area contributed by atoms with Crippen LogP contribution in [0.2, 0.25) is 5.02 Å². The molecule has 2 aliphatic carbocycles. The molecule has 1 aromatic carbocycles. The van der Waals surface area contributed by atoms with Crippen molar-refractivity contribution >= 4 is 17.5 Å². The average molecular weight is 278 g/mol. The molecule has 1 amide bonds. The van der Waals surface area contributed by atoms with E-state index in [-0.39, 0.29) is 11.9 Å². The molecule has 3 heteroatoms. The van der Waals surface area contributed by atoms with Crippen molar-refractivity contribution in [1.29, 1.82) is 0 Å². The molecular formula is C16H20ClNO. The van der Waals surface area contributed by atoms with Gasteiger partial charge in [0.25, 0.3) is 5.91 Å². The number of halogens is 1. The van der Waals surface area contributed by atoms with Gasteiger partial charge in [0.05, 0.1) is 0 Å². The number of carbonyl (C=O) groups excluding carboxylic acids is 1. The normalized spacial score (nSPS) is 30.3. The van der Waals surface area contributed by atoms with E-state index in [0.29, 0.717) is 16.5 Å². The van der Waals surface area contributed by atoms with E-state index in [9.17, 15) is 4.79 Å². The van der Waals surface area contributed by atoms with Crippen LogP contribution in [0.4, 0.5) is 0 Å². The molecule has 1 aromatic rings. The van der Waals surface area contributed by atoms with Crippen molar-refractivity contribution in [3.8, 4) is 0 Å². The highest BCUT2D eigenvalue weighted by molar-refractivity contribution is 6.30. The predicted molar refractivity (Wildman–Crippen MR) is 77.3 cm³/mol. The zero-order chi connectivity index (χ0) is 13.4. The van der Waals surface area contributed by atoms with E-state index < -0.39 is 0 Å². The SMILES string of the molecule is C[C@H](NC(=O)c1cccc(Cl)c1)[C@@H]1C[C@H]2CC[C@H]1C2. The van der Waals surface area contributed by atoms with Crippen LogP contribution in [0.25, 0.3) is 0 Å². The molecule has 0 aromatic heterocycles. The lowest BCUT2D eigenvalue weighted by Crippen LogP contribution is -2.40. The Bertz CT molecular complexity index is 487. The summed E-state index contributed by atoms with van der Waals surface area (Å²) in [7, 11) is 0. The third-order valence-electron chi connectivity index (χ3n) is 4.88. The zero-order valence-corrected chi connectivity index (χ0v) is 12.0. The molecule has 0 saturated heterocycles. The quantitative estimate of drug-likeness (QED) is 0.892. The minimum atomic E-state index is -0.00206. The Morgan fingerprint density at radius 2 is 2.21 bits per heavy atom. The van der Waals surface area contributed by atoms with E-state index >= 15 is 0 Å². The Kier molecular flexibility index (Phi) is 3.53. The van der Waals surface area contributed by atoms with Crippen molar-refractivity contribution in [1.82, 2.24) is 5.32 Å². The Morgan fingerprint density at radius 1 is 1.37 bits per heavy atom. The number of hydrogen-bond acceptors (Lipinski definition) is 1. The van der Waals surface area contributed by atoms with Crippen molar-refractivity contribution in [2.75, 3.05) is 0 Å². The standard InChI is InChI=1S/C16H20ClNO/c1-10(15-8-11-5-6-12(15)7-11)18-16(19)13-3-2-4-14(17)9-13/h2-4,9-12,15H,5-8H2,1H3,(H,18,19)/t10-,11-,12-,15-/m0/s1. The van der Waals surface area contributed by atoms with Crippen molar-refractivity contribution in [3.05, 3.63) is 34.9 Å². The lowest BCUT2D eigenvalue weighted by atomic mass is 9.84. The number of amides is 1. The molecular weight excluding hydrogens is 258 g/mol. The van der Waals surface area contributed by atoms with Crippen LogP contribution >= 0.6 is 11.6 Å². The summed E-state index contributed by atoms with van der Waals surface area (Å²) in [6.45, 7) is 2.15. The maximum atomic E-state index is 12.2. The first-order valence-electron chi connectivity index (χ1n) is 7.20. The molecule has 2 fully saturated rings. The summed E-state index contributed by atoms with van der Waals surface area (Å²) in [5.41, 5.74) is 0.655. The zero-order valence-electron chi connectivity index (χ0n) is 11.2. The molecule has 3 rings (SSSR count). The average Bonchev–Trinajstić information content (AvgIpc) is 3.00. The molecule has 102 valence electrons. The van der Waals surface area contributed by atoms with Gasteiger partial charge in [-0.05, 0) is 62.1 Å². The molecule has 0 heterocycles. The molecule has 0 aliphatic heterocycles. The lowest BCUT2D eigenvalue weighted by molar-refractivity contribution is 0.0915. The maximum absolute atomic E-state index is 12.2. The van der Waals surface area contributed by atoms with Gasteiger partial charge in [-0.2, -0.15) is 0 Å². The van der Waals surface area contributed by atoms with E-state index in [1.807, 2.05) is 12.1 Å². The third kappa shape index (κ3) is 2.64. The smallest absolute Gasteiger partial charge is 0.251 e. The monoisotopic (exact) mass is 277 g/mol. The molecule has 2 saturated carbocycles. The van der Waals surface area contributed by atoms with Crippen molar-refractivity contribution in [3.63, 3.8) is 0 Å². The fraction of sp³-hybridized carbons (Fsp3) is 0.562. The molecule has 2 bridgehead atoms. The van der Waals surface area contributed by atoms with E-state index in [0.717, 1.165) is 11.8 Å². The summed E-state index contributed by atoms with van der Waals surface area (Å²) in [6, 6.07) is 7.41. The van der Waals surface area contributed by atoms with Gasteiger partial charge in [-0.25, -0.2) is 0 Å². The number of nitrogens with one attached hydrogen (secondary N) is 1. The molecule has 4 atom stereocenters. The number of carbonyl (C=O) groups is 1. The van der Waals surface area contributed by atoms with Gasteiger partial charge in [-0.3, -0.25) is 4.79 Å². The van der Waals surface area contributed by atoms with Crippen LogP contribution in [-0.4, -0.2) is 11.9 Å². The van der Waals surface area contributed by atoms with Crippen LogP contribution in [0.15, 0.2) is 24.3 Å². The Morgan fingerprint density at radius 3 is 2.84 bits per heavy atom. The van der Waals surface area contributed by atoms with Crippen molar-refractivity contribution in [2.45, 2.75) is 38.6 Å². The summed E-state index contributed by atoms with van der Waals surface area (Å²) >= 11 is 5.92. The van der Waals surface area contributed by atoms with Crippen molar-refractivity contribution < 1.29 is 4.79 Å². The molecule has 0 spiro atoms. The van der Waals surface area contributed by atoms with Crippen molar-refractivity contribution in [2.24, 2.45) is 17.8 Å². The van der Waals surface area contributed by atoms with Gasteiger partial charge < -0.3 is 5.32 Å². The number of benzene rings is 1. The fourth-order valence-electron chi connectivity index (χ4n) is 3.93. The number of fused-ring (bicyclic) bond motifs is 2. The minimum absolute atomic E-state index is 0.00206. The van der Waals surface area contributed by atoms with Gasteiger partial charge in [0.1, 0.15) is 0 Å². The summed E-state index contributed by atoms with van der Waals surface area (Å²) in [4.78, 5) is 12.2. The van der Waals surface area contributed by atoms with Gasteiger partial charge in [-0.15, -0.1) is 0 Å². The van der Waals surface area contributed by atoms with E-state index in [2.05, 4.69) is 12.2 Å². The number of rotatable bonds is 3. The largest absolute Gasteiger partial charge is 0.349 e. The van der Waals surface area contributed by atoms with Crippen LogP contribution in [0.3, 0.4) is 0 Å². The van der Waals surface area contributed by atoms with Gasteiger partial charge >= 0.3 is 0 Å². The lowest BCUT2D eigenvalue weighted by Gasteiger charge is -2.28. The van der Waals surface area contributed by atoms with E-state index in [1.54, 1.807) is 12.1 Å². The van der Waals surface area contributed by atoms with Crippen LogP contribution in [0, 0.1) is 17.8 Å². The predicted octanol–water partition coefficient (Wildman–Crippen LogP) is 3.89. The summed E-state index contributed by atoms with van der Waals surface area (Å²) in [5, 5.41) is 3.76. The molecule has 2 aliphatic rings. The first-order chi connectivity index (χ1) is 9.13. The van der Waals surface area contributed by atoms with Crippen LogP contribution in [-0.2, 0) is 0 Å². The molecule has 1 N–H and O–H groups in total. The topological polar surface area (TPSA) is 29.1 Å². The molecule has 2 nitrogen and oxygen atoms in total. The highest BCUT2D eigenvalue weighted by Crippen LogP contribution is 2.49. The third-order valence-corrected chi connectivity index (χ3v) is 5.12. The van der Waals surface area contributed by atoms with Gasteiger partial charge in [0.2, 0.25) is 0 Å². The van der Waals surface area contributed by atoms with Crippen LogP contribution in [0.1, 0.15) is 43.0 Å². The maximum Gasteiger partial charge on any atom is 0.251 e. The second kappa shape index (κ2) is 5.16. The highest BCUT2D eigenvalue weighted by atomic mass is 35.5. The summed E-state index contributed by atoms with van der Waals surface area (Å²) in [6.07, 6.45) is 5.42. The number of hydrogen-bond donors (Lipinski definition) is 1. The minimum Gasteiger partial charge on any atom is -0.349 e. The van der Waals surface area contributed by atoms with Gasteiger partial charge in [-0.1, -0.05) is 24.1 Å². The highest BCUT2D eigenvalue weighted by Gasteiger charge is 2.42. The van der Waals surface area contributed by atoms with Gasteiger partial charge in [0, 0.05) is 16.6 Å². The summed E-state index contributed by atoms with van der Waals surface area (Å²) < 4.78 is 0. The first kappa shape index (κ1) is 13.0. The fourth-order valence-corrected chi connectivity index (χ4v) is 4.12. The molecule has 0 radical (unpaired) electrons. The van der Waals surface area contributed by atoms with Crippen LogP contribution < -0.4 is 5.32 Å². The van der Waals surface area contributed by atoms with E-state index in [4.69, 9.17) is 11.6 Å². The Hall–Kier alpha value is -1.02. The first-order valence-corrected chi connectivity index (χ1v) is 7.57. The van der Waals surface area contributed by atoms with E-state index in [1.165, 1.54) is 25.7 Å². The molecule has 19 heavy (non-hydrogen) atoms. The molecule has 0 unspecified atom stereocenters.